The fraction of sp³-hybridized carbons (Fsp3) is 0.389. The van der Waals surface area contributed by atoms with Crippen molar-refractivity contribution in [3.05, 3.63) is 54.1 Å². The molecule has 0 bridgehead atoms. The van der Waals surface area contributed by atoms with Gasteiger partial charge in [-0.15, -0.1) is 0 Å². The summed E-state index contributed by atoms with van der Waals surface area (Å²) in [4.78, 5) is 20.0. The van der Waals surface area contributed by atoms with Crippen molar-refractivity contribution in [2.45, 2.75) is 32.2 Å². The van der Waals surface area contributed by atoms with Crippen LogP contribution in [-0.4, -0.2) is 43.1 Å². The van der Waals surface area contributed by atoms with Gasteiger partial charge in [-0.25, -0.2) is 9.97 Å². The first-order valence-corrected chi connectivity index (χ1v) is 8.53. The third-order valence-corrected chi connectivity index (χ3v) is 4.42. The van der Waals surface area contributed by atoms with Gasteiger partial charge >= 0.3 is 0 Å². The van der Waals surface area contributed by atoms with E-state index in [1.165, 1.54) is 0 Å². The Hall–Kier alpha value is -2.67. The van der Waals surface area contributed by atoms with Gasteiger partial charge in [0, 0.05) is 50.1 Å². The molecule has 128 valence electrons. The summed E-state index contributed by atoms with van der Waals surface area (Å²) in [6.45, 7) is 4.66. The van der Waals surface area contributed by atoms with E-state index in [9.17, 15) is 0 Å². The normalized spacial score (nSPS) is 18.4. The minimum atomic E-state index is 0.333. The Morgan fingerprint density at radius 2 is 2.08 bits per heavy atom. The summed E-state index contributed by atoms with van der Waals surface area (Å²) in [7, 11) is 0. The summed E-state index contributed by atoms with van der Waals surface area (Å²) in [6.07, 6.45) is 7.76. The van der Waals surface area contributed by atoms with Crippen LogP contribution in [0.1, 0.15) is 36.0 Å². The summed E-state index contributed by atoms with van der Waals surface area (Å²) in [6, 6.07) is 5.74. The van der Waals surface area contributed by atoms with E-state index >= 15 is 0 Å². The first-order valence-electron chi connectivity index (χ1n) is 8.53. The third-order valence-electron chi connectivity index (χ3n) is 4.42. The van der Waals surface area contributed by atoms with Crippen molar-refractivity contribution in [3.63, 3.8) is 0 Å². The first kappa shape index (κ1) is 15.8. The lowest BCUT2D eigenvalue weighted by Crippen LogP contribution is -2.34. The van der Waals surface area contributed by atoms with Crippen LogP contribution in [-0.2, 0) is 6.54 Å². The van der Waals surface area contributed by atoms with Crippen LogP contribution in [0.25, 0.3) is 11.5 Å². The molecule has 0 aliphatic carbocycles. The number of hydrogen-bond donors (Lipinski definition) is 0. The van der Waals surface area contributed by atoms with Gasteiger partial charge in [-0.05, 0) is 31.5 Å². The predicted molar refractivity (Wildman–Crippen MR) is 91.6 cm³/mol. The maximum absolute atomic E-state index is 5.12. The Bertz CT molecular complexity index is 817. The Kier molecular flexibility index (Phi) is 4.47. The number of aryl methyl sites for hydroxylation is 1. The van der Waals surface area contributed by atoms with Crippen LogP contribution in [0.3, 0.4) is 0 Å². The maximum atomic E-state index is 5.12. The molecule has 0 aromatic carbocycles. The van der Waals surface area contributed by atoms with Crippen molar-refractivity contribution in [3.8, 4) is 11.5 Å². The second-order valence-corrected chi connectivity index (χ2v) is 6.38. The van der Waals surface area contributed by atoms with Gasteiger partial charge in [-0.1, -0.05) is 11.2 Å². The average molecular weight is 336 g/mol. The standard InChI is InChI=1S/C18H20N6O/c1-13-22-17(23-25-13)15-5-4-8-24(12-15)11-14-9-20-18(21-10-14)16-6-2-3-7-19-16/h2-3,6-7,9-10,15H,4-5,8,11-12H2,1H3/t15-/m0/s1. The van der Waals surface area contributed by atoms with Crippen molar-refractivity contribution >= 4 is 0 Å². The van der Waals surface area contributed by atoms with Crippen LogP contribution >= 0.6 is 0 Å². The number of piperidine rings is 1. The van der Waals surface area contributed by atoms with E-state index in [1.54, 1.807) is 6.20 Å². The summed E-state index contributed by atoms with van der Waals surface area (Å²) < 4.78 is 5.12. The van der Waals surface area contributed by atoms with E-state index < -0.39 is 0 Å². The molecular formula is C18H20N6O. The molecule has 0 N–H and O–H groups in total. The lowest BCUT2D eigenvalue weighted by Gasteiger charge is -2.31. The van der Waals surface area contributed by atoms with Gasteiger partial charge < -0.3 is 4.52 Å². The summed E-state index contributed by atoms with van der Waals surface area (Å²) >= 11 is 0. The minimum Gasteiger partial charge on any atom is -0.340 e. The molecule has 0 spiro atoms. The van der Waals surface area contributed by atoms with Gasteiger partial charge in [0.15, 0.2) is 11.6 Å². The second kappa shape index (κ2) is 7.06. The Labute approximate surface area is 146 Å². The highest BCUT2D eigenvalue weighted by Crippen LogP contribution is 2.25. The molecule has 3 aromatic heterocycles. The maximum Gasteiger partial charge on any atom is 0.223 e. The van der Waals surface area contributed by atoms with Gasteiger partial charge in [0.25, 0.3) is 0 Å². The molecule has 0 radical (unpaired) electrons. The van der Waals surface area contributed by atoms with Gasteiger partial charge in [0.1, 0.15) is 5.69 Å². The van der Waals surface area contributed by atoms with Crippen LogP contribution in [0, 0.1) is 6.92 Å². The van der Waals surface area contributed by atoms with E-state index in [1.807, 2.05) is 37.5 Å². The molecule has 7 heteroatoms. The predicted octanol–water partition coefficient (Wildman–Crippen LogP) is 2.61. The molecule has 25 heavy (non-hydrogen) atoms. The molecule has 1 saturated heterocycles. The highest BCUT2D eigenvalue weighted by Gasteiger charge is 2.25. The van der Waals surface area contributed by atoms with Crippen LogP contribution in [0.4, 0.5) is 0 Å². The van der Waals surface area contributed by atoms with Crippen LogP contribution in [0.5, 0.6) is 0 Å². The number of hydrogen-bond acceptors (Lipinski definition) is 7. The summed E-state index contributed by atoms with van der Waals surface area (Å²) in [5.74, 6) is 2.44. The summed E-state index contributed by atoms with van der Waals surface area (Å²) in [5, 5.41) is 4.08. The van der Waals surface area contributed by atoms with Gasteiger partial charge in [0.05, 0.1) is 0 Å². The highest BCUT2D eigenvalue weighted by molar-refractivity contribution is 5.47. The molecule has 4 heterocycles. The largest absolute Gasteiger partial charge is 0.340 e. The number of aromatic nitrogens is 5. The van der Waals surface area contributed by atoms with Crippen LogP contribution in [0.15, 0.2) is 41.3 Å². The summed E-state index contributed by atoms with van der Waals surface area (Å²) in [5.41, 5.74) is 1.89. The van der Waals surface area contributed by atoms with E-state index in [0.29, 0.717) is 17.6 Å². The number of nitrogens with zero attached hydrogens (tertiary/aromatic N) is 6. The van der Waals surface area contributed by atoms with Crippen LogP contribution < -0.4 is 0 Å². The highest BCUT2D eigenvalue weighted by atomic mass is 16.5. The second-order valence-electron chi connectivity index (χ2n) is 6.38. The van der Waals surface area contributed by atoms with Crippen molar-refractivity contribution in [1.29, 1.82) is 0 Å². The fourth-order valence-electron chi connectivity index (χ4n) is 3.21. The quantitative estimate of drug-likeness (QED) is 0.724. The van der Waals surface area contributed by atoms with Crippen LogP contribution in [0.2, 0.25) is 0 Å². The molecule has 1 fully saturated rings. The number of likely N-dealkylation sites (tertiary alicyclic amines) is 1. The zero-order chi connectivity index (χ0) is 17.1. The number of pyridine rings is 1. The molecule has 0 unspecified atom stereocenters. The molecule has 0 amide bonds. The molecular weight excluding hydrogens is 316 g/mol. The molecule has 7 nitrogen and oxygen atoms in total. The fourth-order valence-corrected chi connectivity index (χ4v) is 3.21. The van der Waals surface area contributed by atoms with Crippen molar-refractivity contribution < 1.29 is 4.52 Å². The molecule has 0 saturated carbocycles. The smallest absolute Gasteiger partial charge is 0.223 e. The van der Waals surface area contributed by atoms with Crippen molar-refractivity contribution in [2.75, 3.05) is 13.1 Å². The molecule has 1 atom stereocenters. The Morgan fingerprint density at radius 1 is 1.20 bits per heavy atom. The topological polar surface area (TPSA) is 80.8 Å². The lowest BCUT2D eigenvalue weighted by molar-refractivity contribution is 0.194. The third kappa shape index (κ3) is 3.71. The average Bonchev–Trinajstić information content (AvgIpc) is 3.10. The first-order chi connectivity index (χ1) is 12.3. The van der Waals surface area contributed by atoms with E-state index in [2.05, 4.69) is 30.0 Å². The van der Waals surface area contributed by atoms with Crippen molar-refractivity contribution in [2.24, 2.45) is 0 Å². The zero-order valence-electron chi connectivity index (χ0n) is 14.2. The minimum absolute atomic E-state index is 0.333. The molecule has 4 rings (SSSR count). The van der Waals surface area contributed by atoms with Gasteiger partial charge in [0.2, 0.25) is 5.89 Å². The van der Waals surface area contributed by atoms with Gasteiger partial charge in [-0.3, -0.25) is 9.88 Å². The Balaban J connectivity index is 1.41. The van der Waals surface area contributed by atoms with E-state index in [4.69, 9.17) is 4.52 Å². The molecule has 3 aromatic rings. The molecule has 1 aliphatic rings. The monoisotopic (exact) mass is 336 g/mol. The van der Waals surface area contributed by atoms with E-state index in [-0.39, 0.29) is 0 Å². The van der Waals surface area contributed by atoms with E-state index in [0.717, 1.165) is 49.6 Å². The van der Waals surface area contributed by atoms with Gasteiger partial charge in [-0.2, -0.15) is 4.98 Å². The lowest BCUT2D eigenvalue weighted by atomic mass is 9.97. The molecule has 1 aliphatic heterocycles. The SMILES string of the molecule is Cc1nc([C@H]2CCCN(Cc3cnc(-c4ccccn4)nc3)C2)no1. The van der Waals surface area contributed by atoms with Crippen molar-refractivity contribution in [1.82, 2.24) is 30.0 Å². The Morgan fingerprint density at radius 3 is 2.80 bits per heavy atom. The zero-order valence-corrected chi connectivity index (χ0v) is 14.2. The number of rotatable bonds is 4.